The zero-order valence-electron chi connectivity index (χ0n) is 16.9. The summed E-state index contributed by atoms with van der Waals surface area (Å²) in [4.78, 5) is 12.3. The summed E-state index contributed by atoms with van der Waals surface area (Å²) in [5.74, 6) is 0.716. The second-order valence-corrected chi connectivity index (χ2v) is 8.80. The predicted octanol–water partition coefficient (Wildman–Crippen LogP) is 2.93. The summed E-state index contributed by atoms with van der Waals surface area (Å²) in [6.07, 6.45) is 1.03. The summed E-state index contributed by atoms with van der Waals surface area (Å²) in [6.45, 7) is 4.10. The van der Waals surface area contributed by atoms with Crippen molar-refractivity contribution >= 4 is 33.2 Å². The number of aryl methyl sites for hydroxylation is 1. The number of carbonyl (C=O) groups excluding carboxylic acids is 1. The molecule has 0 bridgehead atoms. The van der Waals surface area contributed by atoms with E-state index in [0.717, 1.165) is 27.4 Å². The first-order chi connectivity index (χ1) is 13.6. The van der Waals surface area contributed by atoms with Crippen LogP contribution in [-0.4, -0.2) is 47.4 Å². The Balaban J connectivity index is 1.97. The van der Waals surface area contributed by atoms with Crippen LogP contribution in [0.15, 0.2) is 36.4 Å². The maximum absolute atomic E-state index is 12.3. The third kappa shape index (κ3) is 6.27. The standard InChI is InChI=1S/C20H25ClN2O5S/c1-14-6-5-7-18(15(14)2)28-11-10-22-20(24)13-23(29(4,25)26)16-8-9-19(27-3)17(21)12-16/h5-9,12H,10-11,13H2,1-4H3,(H,22,24). The van der Waals surface area contributed by atoms with Gasteiger partial charge in [0.1, 0.15) is 24.7 Å². The van der Waals surface area contributed by atoms with Crippen molar-refractivity contribution in [2.45, 2.75) is 13.8 Å². The van der Waals surface area contributed by atoms with Crippen LogP contribution >= 0.6 is 11.6 Å². The number of hydrogen-bond donors (Lipinski definition) is 1. The van der Waals surface area contributed by atoms with Crippen LogP contribution in [0.25, 0.3) is 0 Å². The smallest absolute Gasteiger partial charge is 0.240 e. The van der Waals surface area contributed by atoms with E-state index in [9.17, 15) is 13.2 Å². The summed E-state index contributed by atoms with van der Waals surface area (Å²) < 4.78 is 36.1. The summed E-state index contributed by atoms with van der Waals surface area (Å²) in [7, 11) is -2.23. The number of anilines is 1. The predicted molar refractivity (Wildman–Crippen MR) is 115 cm³/mol. The Bertz CT molecular complexity index is 979. The minimum Gasteiger partial charge on any atom is -0.495 e. The van der Waals surface area contributed by atoms with E-state index >= 15 is 0 Å². The molecule has 2 aromatic rings. The molecule has 158 valence electrons. The zero-order valence-corrected chi connectivity index (χ0v) is 18.4. The second kappa shape index (κ2) is 9.84. The van der Waals surface area contributed by atoms with Crippen molar-refractivity contribution in [1.29, 1.82) is 0 Å². The topological polar surface area (TPSA) is 84.9 Å². The van der Waals surface area contributed by atoms with Gasteiger partial charge in [-0.1, -0.05) is 23.7 Å². The maximum Gasteiger partial charge on any atom is 0.240 e. The van der Waals surface area contributed by atoms with Gasteiger partial charge < -0.3 is 14.8 Å². The molecule has 0 spiro atoms. The average molecular weight is 441 g/mol. The molecule has 2 aromatic carbocycles. The van der Waals surface area contributed by atoms with Gasteiger partial charge in [-0.2, -0.15) is 0 Å². The van der Waals surface area contributed by atoms with E-state index in [4.69, 9.17) is 21.1 Å². The first-order valence-corrected chi connectivity index (χ1v) is 11.1. The number of sulfonamides is 1. The Kier molecular flexibility index (Phi) is 7.75. The van der Waals surface area contributed by atoms with Gasteiger partial charge in [0.25, 0.3) is 0 Å². The molecule has 0 aromatic heterocycles. The Hall–Kier alpha value is -2.45. The van der Waals surface area contributed by atoms with Gasteiger partial charge >= 0.3 is 0 Å². The quantitative estimate of drug-likeness (QED) is 0.606. The van der Waals surface area contributed by atoms with Gasteiger partial charge in [-0.05, 0) is 49.2 Å². The van der Waals surface area contributed by atoms with Crippen molar-refractivity contribution in [2.75, 3.05) is 37.4 Å². The molecule has 0 saturated heterocycles. The number of ether oxygens (including phenoxy) is 2. The first kappa shape index (κ1) is 22.8. The molecule has 0 unspecified atom stereocenters. The largest absolute Gasteiger partial charge is 0.495 e. The normalized spacial score (nSPS) is 11.1. The monoisotopic (exact) mass is 440 g/mol. The minimum atomic E-state index is -3.69. The van der Waals surface area contributed by atoms with Crippen LogP contribution in [0.5, 0.6) is 11.5 Å². The highest BCUT2D eigenvalue weighted by atomic mass is 35.5. The number of halogens is 1. The molecule has 1 N–H and O–H groups in total. The van der Waals surface area contributed by atoms with Crippen molar-refractivity contribution in [3.8, 4) is 11.5 Å². The van der Waals surface area contributed by atoms with Crippen molar-refractivity contribution in [3.63, 3.8) is 0 Å². The molecule has 29 heavy (non-hydrogen) atoms. The Morgan fingerprint density at radius 3 is 2.52 bits per heavy atom. The van der Waals surface area contributed by atoms with E-state index < -0.39 is 15.9 Å². The molecule has 9 heteroatoms. The van der Waals surface area contributed by atoms with Crippen molar-refractivity contribution < 1.29 is 22.7 Å². The Labute approximate surface area is 176 Å². The number of nitrogens with one attached hydrogen (secondary N) is 1. The molecule has 0 saturated carbocycles. The Morgan fingerprint density at radius 1 is 1.17 bits per heavy atom. The molecule has 0 aliphatic rings. The van der Waals surface area contributed by atoms with E-state index in [2.05, 4.69) is 5.32 Å². The van der Waals surface area contributed by atoms with E-state index in [0.29, 0.717) is 5.75 Å². The summed E-state index contributed by atoms with van der Waals surface area (Å²) in [6, 6.07) is 10.3. The lowest BCUT2D eigenvalue weighted by atomic mass is 10.1. The molecule has 0 aliphatic heterocycles. The van der Waals surface area contributed by atoms with E-state index in [1.165, 1.54) is 19.2 Å². The first-order valence-electron chi connectivity index (χ1n) is 8.90. The average Bonchev–Trinajstić information content (AvgIpc) is 2.65. The van der Waals surface area contributed by atoms with Gasteiger partial charge in [0.05, 0.1) is 30.6 Å². The van der Waals surface area contributed by atoms with Crippen LogP contribution in [0.4, 0.5) is 5.69 Å². The lowest BCUT2D eigenvalue weighted by Gasteiger charge is -2.22. The van der Waals surface area contributed by atoms with Crippen LogP contribution in [-0.2, 0) is 14.8 Å². The molecule has 0 radical (unpaired) electrons. The summed E-state index contributed by atoms with van der Waals surface area (Å²) in [5, 5.41) is 2.92. The van der Waals surface area contributed by atoms with Gasteiger partial charge in [-0.15, -0.1) is 0 Å². The highest BCUT2D eigenvalue weighted by Crippen LogP contribution is 2.30. The van der Waals surface area contributed by atoms with Crippen LogP contribution in [0, 0.1) is 13.8 Å². The molecular weight excluding hydrogens is 416 g/mol. The number of amides is 1. The van der Waals surface area contributed by atoms with Gasteiger partial charge in [-0.25, -0.2) is 8.42 Å². The fourth-order valence-electron chi connectivity index (χ4n) is 2.63. The lowest BCUT2D eigenvalue weighted by molar-refractivity contribution is -0.119. The summed E-state index contributed by atoms with van der Waals surface area (Å²) in [5.41, 5.74) is 2.44. The van der Waals surface area contributed by atoms with E-state index in [1.807, 2.05) is 32.0 Å². The summed E-state index contributed by atoms with van der Waals surface area (Å²) >= 11 is 6.08. The molecule has 0 aliphatic carbocycles. The third-order valence-corrected chi connectivity index (χ3v) is 5.78. The fourth-order valence-corrected chi connectivity index (χ4v) is 3.73. The van der Waals surface area contributed by atoms with Crippen LogP contribution in [0.1, 0.15) is 11.1 Å². The van der Waals surface area contributed by atoms with Crippen LogP contribution in [0.3, 0.4) is 0 Å². The molecule has 1 amide bonds. The molecule has 0 atom stereocenters. The number of benzene rings is 2. The van der Waals surface area contributed by atoms with Crippen LogP contribution < -0.4 is 19.1 Å². The molecule has 0 fully saturated rings. The minimum absolute atomic E-state index is 0.243. The van der Waals surface area contributed by atoms with Gasteiger partial charge in [0.2, 0.25) is 15.9 Å². The van der Waals surface area contributed by atoms with Crippen molar-refractivity contribution in [3.05, 3.63) is 52.5 Å². The molecule has 7 nitrogen and oxygen atoms in total. The number of carbonyl (C=O) groups is 1. The lowest BCUT2D eigenvalue weighted by Crippen LogP contribution is -2.41. The van der Waals surface area contributed by atoms with Crippen molar-refractivity contribution in [2.24, 2.45) is 0 Å². The number of hydrogen-bond acceptors (Lipinski definition) is 5. The van der Waals surface area contributed by atoms with E-state index in [1.54, 1.807) is 6.07 Å². The number of methoxy groups -OCH3 is 1. The zero-order chi connectivity index (χ0) is 21.6. The SMILES string of the molecule is COc1ccc(N(CC(=O)NCCOc2cccc(C)c2C)S(C)(=O)=O)cc1Cl. The Morgan fingerprint density at radius 2 is 1.90 bits per heavy atom. The van der Waals surface area contributed by atoms with Gasteiger partial charge in [-0.3, -0.25) is 9.10 Å². The number of nitrogens with zero attached hydrogens (tertiary/aromatic N) is 1. The molecule has 0 heterocycles. The van der Waals surface area contributed by atoms with Gasteiger partial charge in [0.15, 0.2) is 0 Å². The van der Waals surface area contributed by atoms with Crippen molar-refractivity contribution in [1.82, 2.24) is 5.32 Å². The maximum atomic E-state index is 12.3. The molecular formula is C20H25ClN2O5S. The van der Waals surface area contributed by atoms with E-state index in [-0.39, 0.29) is 30.4 Å². The third-order valence-electron chi connectivity index (χ3n) is 4.35. The highest BCUT2D eigenvalue weighted by Gasteiger charge is 2.21. The second-order valence-electron chi connectivity index (χ2n) is 6.48. The number of rotatable bonds is 9. The fraction of sp³-hybridized carbons (Fsp3) is 0.350. The van der Waals surface area contributed by atoms with Gasteiger partial charge in [0, 0.05) is 0 Å². The highest BCUT2D eigenvalue weighted by molar-refractivity contribution is 7.92. The van der Waals surface area contributed by atoms with Crippen LogP contribution in [0.2, 0.25) is 5.02 Å². The molecule has 2 rings (SSSR count).